The van der Waals surface area contributed by atoms with Gasteiger partial charge in [0.05, 0.1) is 0 Å². The second-order valence-electron chi connectivity index (χ2n) is 4.44. The van der Waals surface area contributed by atoms with E-state index in [2.05, 4.69) is 0 Å². The van der Waals surface area contributed by atoms with Crippen LogP contribution in [0.2, 0.25) is 0 Å². The lowest BCUT2D eigenvalue weighted by Gasteiger charge is -2.20. The second-order valence-corrected chi connectivity index (χ2v) is 9.51. The molecule has 0 bridgehead atoms. The SMILES string of the molecule is CP(=O)(OP(C)(=O)c1ccccc1)c1ccccc1. The van der Waals surface area contributed by atoms with E-state index in [4.69, 9.17) is 4.31 Å². The highest BCUT2D eigenvalue weighted by molar-refractivity contribution is 7.78. The van der Waals surface area contributed by atoms with E-state index in [-0.39, 0.29) is 0 Å². The Hall–Kier alpha value is -1.14. The van der Waals surface area contributed by atoms with Crippen molar-refractivity contribution in [2.75, 3.05) is 13.3 Å². The van der Waals surface area contributed by atoms with Crippen LogP contribution in [0.1, 0.15) is 0 Å². The summed E-state index contributed by atoms with van der Waals surface area (Å²) in [5.41, 5.74) is 0. The lowest BCUT2D eigenvalue weighted by molar-refractivity contribution is 0.479. The Labute approximate surface area is 113 Å². The van der Waals surface area contributed by atoms with Gasteiger partial charge in [0.1, 0.15) is 0 Å². The zero-order valence-electron chi connectivity index (χ0n) is 10.9. The molecule has 0 saturated carbocycles. The van der Waals surface area contributed by atoms with Gasteiger partial charge >= 0.3 is 0 Å². The molecule has 2 aromatic carbocycles. The average molecular weight is 294 g/mol. The van der Waals surface area contributed by atoms with E-state index in [0.29, 0.717) is 10.6 Å². The van der Waals surface area contributed by atoms with Crippen LogP contribution in [0.15, 0.2) is 60.7 Å². The molecule has 2 aromatic rings. The minimum absolute atomic E-state index is 0.577. The molecule has 0 amide bonds. The van der Waals surface area contributed by atoms with Crippen LogP contribution in [0.25, 0.3) is 0 Å². The zero-order valence-corrected chi connectivity index (χ0v) is 12.7. The predicted octanol–water partition coefficient (Wildman–Crippen LogP) is 3.47. The summed E-state index contributed by atoms with van der Waals surface area (Å²) in [5, 5.41) is 1.15. The molecule has 0 saturated heterocycles. The van der Waals surface area contributed by atoms with Crippen LogP contribution in [0, 0.1) is 0 Å². The minimum Gasteiger partial charge on any atom is -0.288 e. The number of hydrogen-bond acceptors (Lipinski definition) is 3. The first-order valence-electron chi connectivity index (χ1n) is 5.89. The predicted molar refractivity (Wildman–Crippen MR) is 80.3 cm³/mol. The first-order valence-corrected chi connectivity index (χ1v) is 10.0. The molecule has 2 unspecified atom stereocenters. The Kier molecular flexibility index (Phi) is 4.10. The van der Waals surface area contributed by atoms with Gasteiger partial charge in [-0.1, -0.05) is 36.4 Å². The van der Waals surface area contributed by atoms with E-state index in [1.54, 1.807) is 48.5 Å². The molecule has 0 aliphatic carbocycles. The van der Waals surface area contributed by atoms with E-state index in [1.807, 2.05) is 12.1 Å². The molecule has 0 spiro atoms. The monoisotopic (exact) mass is 294 g/mol. The molecule has 0 radical (unpaired) electrons. The number of benzene rings is 2. The van der Waals surface area contributed by atoms with Crippen LogP contribution in [0.5, 0.6) is 0 Å². The average Bonchev–Trinajstić information content (AvgIpc) is 2.40. The normalized spacial score (nSPS) is 17.4. The van der Waals surface area contributed by atoms with Crippen molar-refractivity contribution in [3.63, 3.8) is 0 Å². The Balaban J connectivity index is 2.31. The Bertz CT molecular complexity index is 581. The topological polar surface area (TPSA) is 43.4 Å². The fraction of sp³-hybridized carbons (Fsp3) is 0.143. The molecule has 0 N–H and O–H groups in total. The molecule has 19 heavy (non-hydrogen) atoms. The molecular weight excluding hydrogens is 278 g/mol. The van der Waals surface area contributed by atoms with Gasteiger partial charge in [-0.3, -0.25) is 13.4 Å². The lowest BCUT2D eigenvalue weighted by atomic mass is 10.4. The lowest BCUT2D eigenvalue weighted by Crippen LogP contribution is -2.10. The van der Waals surface area contributed by atoms with Gasteiger partial charge in [0.2, 0.25) is 14.7 Å². The third-order valence-electron chi connectivity index (χ3n) is 2.76. The van der Waals surface area contributed by atoms with E-state index in [9.17, 15) is 9.13 Å². The first kappa shape index (κ1) is 14.3. The Morgan fingerprint density at radius 3 is 1.32 bits per heavy atom. The molecule has 100 valence electrons. The number of rotatable bonds is 4. The highest BCUT2D eigenvalue weighted by atomic mass is 31.2. The van der Waals surface area contributed by atoms with E-state index in [1.165, 1.54) is 13.3 Å². The van der Waals surface area contributed by atoms with E-state index in [0.717, 1.165) is 0 Å². The molecule has 0 aliphatic heterocycles. The van der Waals surface area contributed by atoms with Crippen LogP contribution >= 0.6 is 14.7 Å². The largest absolute Gasteiger partial charge is 0.288 e. The van der Waals surface area contributed by atoms with Crippen molar-refractivity contribution in [1.29, 1.82) is 0 Å². The highest BCUT2D eigenvalue weighted by Crippen LogP contribution is 2.58. The molecule has 5 heteroatoms. The first-order chi connectivity index (χ1) is 8.92. The summed E-state index contributed by atoms with van der Waals surface area (Å²) in [6, 6.07) is 17.7. The Morgan fingerprint density at radius 1 is 0.684 bits per heavy atom. The molecule has 3 nitrogen and oxygen atoms in total. The fourth-order valence-electron chi connectivity index (χ4n) is 1.79. The van der Waals surface area contributed by atoms with Crippen molar-refractivity contribution in [2.24, 2.45) is 0 Å². The summed E-state index contributed by atoms with van der Waals surface area (Å²) >= 11 is 0. The Morgan fingerprint density at radius 2 is 1.00 bits per heavy atom. The van der Waals surface area contributed by atoms with Crippen molar-refractivity contribution < 1.29 is 13.4 Å². The van der Waals surface area contributed by atoms with Gasteiger partial charge in [-0.25, -0.2) is 0 Å². The van der Waals surface area contributed by atoms with Gasteiger partial charge in [0.25, 0.3) is 0 Å². The minimum atomic E-state index is -3.09. The summed E-state index contributed by atoms with van der Waals surface area (Å²) in [6.07, 6.45) is 0. The molecule has 2 atom stereocenters. The second kappa shape index (κ2) is 5.46. The van der Waals surface area contributed by atoms with Crippen molar-refractivity contribution >= 4 is 25.3 Å². The molecule has 2 rings (SSSR count). The molecule has 0 fully saturated rings. The van der Waals surface area contributed by atoms with Crippen LogP contribution in [-0.4, -0.2) is 13.3 Å². The molecule has 0 heterocycles. The van der Waals surface area contributed by atoms with E-state index >= 15 is 0 Å². The zero-order chi connectivity index (χ0) is 13.9. The summed E-state index contributed by atoms with van der Waals surface area (Å²) < 4.78 is 30.7. The van der Waals surface area contributed by atoms with Crippen molar-refractivity contribution in [3.05, 3.63) is 60.7 Å². The van der Waals surface area contributed by atoms with Gasteiger partial charge in [0, 0.05) is 23.9 Å². The van der Waals surface area contributed by atoms with Gasteiger partial charge in [-0.05, 0) is 24.3 Å². The smallest absolute Gasteiger partial charge is 0.234 e. The number of hydrogen-bond donors (Lipinski definition) is 0. The molecular formula is C14H16O3P2. The summed E-state index contributed by atoms with van der Waals surface area (Å²) in [5.74, 6) is 0. The summed E-state index contributed by atoms with van der Waals surface area (Å²) in [6.45, 7) is 3.00. The van der Waals surface area contributed by atoms with Crippen LogP contribution in [0.3, 0.4) is 0 Å². The maximum Gasteiger partial charge on any atom is 0.234 e. The van der Waals surface area contributed by atoms with Crippen LogP contribution < -0.4 is 10.6 Å². The fourth-order valence-corrected chi connectivity index (χ4v) is 6.35. The molecule has 0 aliphatic rings. The highest BCUT2D eigenvalue weighted by Gasteiger charge is 2.30. The third-order valence-corrected chi connectivity index (χ3v) is 7.73. The van der Waals surface area contributed by atoms with Crippen molar-refractivity contribution in [2.45, 2.75) is 0 Å². The summed E-state index contributed by atoms with van der Waals surface area (Å²) in [7, 11) is -6.19. The summed E-state index contributed by atoms with van der Waals surface area (Å²) in [4.78, 5) is 0. The van der Waals surface area contributed by atoms with Crippen LogP contribution in [-0.2, 0) is 13.4 Å². The van der Waals surface area contributed by atoms with Crippen molar-refractivity contribution in [3.8, 4) is 0 Å². The maximum atomic E-state index is 12.6. The standard InChI is InChI=1S/C14H16O3P2/c1-18(15,13-9-5-3-6-10-13)17-19(2,16)14-11-7-4-8-12-14/h3-12H,1-2H3. The van der Waals surface area contributed by atoms with Gasteiger partial charge in [-0.2, -0.15) is 0 Å². The van der Waals surface area contributed by atoms with Crippen LogP contribution in [0.4, 0.5) is 0 Å². The van der Waals surface area contributed by atoms with Crippen molar-refractivity contribution in [1.82, 2.24) is 0 Å². The van der Waals surface area contributed by atoms with Gasteiger partial charge in [-0.15, -0.1) is 0 Å². The third kappa shape index (κ3) is 3.45. The van der Waals surface area contributed by atoms with Gasteiger partial charge < -0.3 is 0 Å². The maximum absolute atomic E-state index is 12.6. The van der Waals surface area contributed by atoms with Gasteiger partial charge in [0.15, 0.2) is 0 Å². The quantitative estimate of drug-likeness (QED) is 0.811. The molecule has 0 aromatic heterocycles. The van der Waals surface area contributed by atoms with E-state index < -0.39 is 14.7 Å².